The van der Waals surface area contributed by atoms with E-state index >= 15 is 0 Å². The number of β-amino-alcohol motifs (C(OH)–C–C–N with tert-alkyl or cyclic N) is 1. The van der Waals surface area contributed by atoms with Crippen molar-refractivity contribution in [1.82, 2.24) is 20.5 Å². The number of hydrogen-bond acceptors (Lipinski definition) is 10. The van der Waals surface area contributed by atoms with E-state index in [0.29, 0.717) is 36.6 Å². The molecule has 5 aromatic rings. The summed E-state index contributed by atoms with van der Waals surface area (Å²) < 4.78 is 53.2. The molecule has 0 aliphatic carbocycles. The number of nitrogens with zero attached hydrogens (tertiary/aromatic N) is 5. The molecule has 3 atom stereocenters. The molecule has 3 N–H and O–H groups in total. The average molecular weight is 1020 g/mol. The third-order valence-electron chi connectivity index (χ3n) is 12.5. The number of carbonyl (C=O) groups excluding carboxylic acids is 4. The molecule has 0 unspecified atom stereocenters. The van der Waals surface area contributed by atoms with E-state index in [4.69, 9.17) is 28.3 Å². The number of benzene rings is 4. The number of aliphatic hydroxyl groups is 1. The van der Waals surface area contributed by atoms with Gasteiger partial charge in [-0.2, -0.15) is 13.2 Å². The molecule has 3 heterocycles. The molecule has 2 aliphatic rings. The maximum Gasteiger partial charge on any atom is 0.407 e. The zero-order chi connectivity index (χ0) is 52.1. The quantitative estimate of drug-likeness (QED) is 0.0466. The molecular formula is C53H56F3N7O7S2. The van der Waals surface area contributed by atoms with Gasteiger partial charge in [-0.05, 0) is 110 Å². The van der Waals surface area contributed by atoms with Crippen LogP contribution in [0, 0.1) is 18.9 Å². The molecule has 4 aromatic carbocycles. The number of hydrogen-bond donors (Lipinski definition) is 3. The van der Waals surface area contributed by atoms with Crippen molar-refractivity contribution in [2.45, 2.75) is 104 Å². The average Bonchev–Trinajstić information content (AvgIpc) is 4.00. The first kappa shape index (κ1) is 52.9. The van der Waals surface area contributed by atoms with E-state index in [1.807, 2.05) is 76.2 Å². The number of likely N-dealkylation sites (tertiary alicyclic amines) is 1. The Hall–Kier alpha value is -6.88. The van der Waals surface area contributed by atoms with Crippen molar-refractivity contribution in [3.63, 3.8) is 0 Å². The molecule has 2 saturated heterocycles. The Balaban J connectivity index is 0.844. The zero-order valence-electron chi connectivity index (χ0n) is 40.7. The topological polar surface area (TPSA) is 158 Å². The third-order valence-corrected chi connectivity index (χ3v) is 13.9. The SMILES string of the molecule is [C-]#[N+]c1ccc(N2C(=O)C(C)(C)N(c3ccc(OCCc4ccc(OCCCC(=O)N[C@H](C(=O)N5C[C@H](O)C[C@H]5C(=O)NCc5ccc(-c6scnc6C)cc5)C(C)(C)C)cc4)cc3)C2=S)cc1C(F)(F)F. The Morgan fingerprint density at radius 3 is 2.18 bits per heavy atom. The van der Waals surface area contributed by atoms with Crippen LogP contribution in [0.2, 0.25) is 0 Å². The van der Waals surface area contributed by atoms with E-state index < -0.39 is 58.4 Å². The van der Waals surface area contributed by atoms with Crippen molar-refractivity contribution in [2.75, 3.05) is 29.6 Å². The van der Waals surface area contributed by atoms with Gasteiger partial charge in [0.25, 0.3) is 5.91 Å². The molecular weight excluding hydrogens is 968 g/mol. The molecule has 0 radical (unpaired) electrons. The summed E-state index contributed by atoms with van der Waals surface area (Å²) in [5, 5.41) is 16.4. The van der Waals surface area contributed by atoms with Gasteiger partial charge in [-0.15, -0.1) is 11.3 Å². The second-order valence-corrected chi connectivity index (χ2v) is 20.5. The summed E-state index contributed by atoms with van der Waals surface area (Å²) in [5.41, 5.74) is 2.45. The van der Waals surface area contributed by atoms with Gasteiger partial charge < -0.3 is 35.0 Å². The predicted octanol–water partition coefficient (Wildman–Crippen LogP) is 9.19. The minimum Gasteiger partial charge on any atom is -0.494 e. The van der Waals surface area contributed by atoms with Crippen LogP contribution in [0.4, 0.5) is 30.2 Å². The lowest BCUT2D eigenvalue weighted by atomic mass is 9.85. The Labute approximate surface area is 426 Å². The van der Waals surface area contributed by atoms with Crippen LogP contribution < -0.4 is 29.9 Å². The van der Waals surface area contributed by atoms with Gasteiger partial charge in [0.2, 0.25) is 17.7 Å². The fourth-order valence-electron chi connectivity index (χ4n) is 8.61. The molecule has 2 fully saturated rings. The van der Waals surface area contributed by atoms with E-state index in [1.165, 1.54) is 11.0 Å². The minimum atomic E-state index is -4.80. The molecule has 378 valence electrons. The molecule has 72 heavy (non-hydrogen) atoms. The van der Waals surface area contributed by atoms with Gasteiger partial charge in [-0.3, -0.25) is 24.1 Å². The molecule has 0 bridgehead atoms. The van der Waals surface area contributed by atoms with E-state index in [2.05, 4.69) is 20.5 Å². The lowest BCUT2D eigenvalue weighted by molar-refractivity contribution is -0.144. The van der Waals surface area contributed by atoms with E-state index in [0.717, 1.165) is 44.3 Å². The normalized spacial score (nSPS) is 17.2. The number of halogens is 3. The summed E-state index contributed by atoms with van der Waals surface area (Å²) in [5.74, 6) is -0.516. The maximum atomic E-state index is 14.0. The summed E-state index contributed by atoms with van der Waals surface area (Å²) in [7, 11) is 0. The number of thiocarbonyl (C=S) groups is 1. The summed E-state index contributed by atoms with van der Waals surface area (Å²) in [6.45, 7) is 18.7. The van der Waals surface area contributed by atoms with Crippen molar-refractivity contribution in [2.24, 2.45) is 5.41 Å². The fraction of sp³-hybridized carbons (Fsp3) is 0.377. The van der Waals surface area contributed by atoms with Gasteiger partial charge in [-0.25, -0.2) is 9.83 Å². The van der Waals surface area contributed by atoms with E-state index in [-0.39, 0.29) is 55.2 Å². The van der Waals surface area contributed by atoms with Crippen LogP contribution in [-0.4, -0.2) is 87.2 Å². The smallest absolute Gasteiger partial charge is 0.407 e. The number of aliphatic hydroxyl groups excluding tert-OH is 1. The third kappa shape index (κ3) is 12.1. The summed E-state index contributed by atoms with van der Waals surface area (Å²) >= 11 is 7.21. The Kier molecular flexibility index (Phi) is 16.1. The Bertz CT molecular complexity index is 2840. The number of anilines is 2. The van der Waals surface area contributed by atoms with Crippen molar-refractivity contribution in [1.29, 1.82) is 0 Å². The number of nitrogens with one attached hydrogen (secondary N) is 2. The van der Waals surface area contributed by atoms with Crippen LogP contribution >= 0.6 is 23.6 Å². The summed E-state index contributed by atoms with van der Waals surface area (Å²) in [4.78, 5) is 66.7. The number of carbonyl (C=O) groups is 4. The highest BCUT2D eigenvalue weighted by molar-refractivity contribution is 7.81. The maximum absolute atomic E-state index is 14.0. The lowest BCUT2D eigenvalue weighted by Crippen LogP contribution is -2.57. The van der Waals surface area contributed by atoms with Crippen molar-refractivity contribution >= 4 is 69.4 Å². The number of amides is 4. The van der Waals surface area contributed by atoms with Crippen LogP contribution in [0.25, 0.3) is 15.3 Å². The fourth-order valence-corrected chi connectivity index (χ4v) is 9.94. The van der Waals surface area contributed by atoms with E-state index in [1.54, 1.807) is 59.9 Å². The minimum absolute atomic E-state index is 0.00525. The number of alkyl halides is 3. The van der Waals surface area contributed by atoms with Crippen molar-refractivity contribution < 1.29 is 46.9 Å². The summed E-state index contributed by atoms with van der Waals surface area (Å²) in [6.07, 6.45) is -4.56. The number of ether oxygens (including phenoxy) is 2. The highest BCUT2D eigenvalue weighted by Crippen LogP contribution is 2.42. The van der Waals surface area contributed by atoms with Gasteiger partial charge in [0.05, 0.1) is 47.5 Å². The molecule has 14 nitrogen and oxygen atoms in total. The number of aryl methyl sites for hydroxylation is 1. The van der Waals surface area contributed by atoms with Gasteiger partial charge >= 0.3 is 6.18 Å². The van der Waals surface area contributed by atoms with Gasteiger partial charge in [0.15, 0.2) is 10.8 Å². The Morgan fingerprint density at radius 2 is 1.57 bits per heavy atom. The highest BCUT2D eigenvalue weighted by Gasteiger charge is 2.51. The largest absolute Gasteiger partial charge is 0.494 e. The monoisotopic (exact) mass is 1020 g/mol. The first-order valence-corrected chi connectivity index (χ1v) is 24.6. The van der Waals surface area contributed by atoms with Gasteiger partial charge in [0.1, 0.15) is 29.1 Å². The first-order chi connectivity index (χ1) is 34.1. The molecule has 7 rings (SSSR count). The van der Waals surface area contributed by atoms with Crippen LogP contribution in [0.3, 0.4) is 0 Å². The lowest BCUT2D eigenvalue weighted by Gasteiger charge is -2.35. The molecule has 4 amide bonds. The summed E-state index contributed by atoms with van der Waals surface area (Å²) in [6, 6.07) is 23.4. The van der Waals surface area contributed by atoms with Crippen LogP contribution in [0.1, 0.15) is 76.3 Å². The van der Waals surface area contributed by atoms with Gasteiger partial charge in [0, 0.05) is 43.7 Å². The molecule has 0 spiro atoms. The number of rotatable bonds is 17. The van der Waals surface area contributed by atoms with Crippen molar-refractivity contribution in [3.8, 4) is 21.9 Å². The first-order valence-electron chi connectivity index (χ1n) is 23.3. The van der Waals surface area contributed by atoms with Crippen LogP contribution in [0.15, 0.2) is 96.5 Å². The second kappa shape index (κ2) is 21.9. The molecule has 1 aromatic heterocycles. The second-order valence-electron chi connectivity index (χ2n) is 19.3. The zero-order valence-corrected chi connectivity index (χ0v) is 42.3. The van der Waals surface area contributed by atoms with Gasteiger partial charge in [-0.1, -0.05) is 63.2 Å². The molecule has 2 aliphatic heterocycles. The van der Waals surface area contributed by atoms with Crippen molar-refractivity contribution in [3.05, 3.63) is 130 Å². The molecule has 0 saturated carbocycles. The highest BCUT2D eigenvalue weighted by atomic mass is 32.1. The van der Waals surface area contributed by atoms with E-state index in [9.17, 15) is 37.5 Å². The van der Waals surface area contributed by atoms with Crippen LogP contribution in [0.5, 0.6) is 11.5 Å². The number of thiazole rings is 1. The molecule has 19 heteroatoms. The standard InChI is InChI=1S/C53H56F3N7O7S2/c1-32-45(72-31-59-32)35-14-10-34(11-15-35)29-58-47(66)43-28-38(64)30-61(43)48(67)46(51(2,3)4)60-44(65)9-8-25-69-39-19-12-33(13-20-39)24-26-70-40-21-16-36(17-22-40)63-50(71)62(49(68)52(63,5)6)37-18-23-42(57-7)41(27-37)53(54,55)56/h10-23,27,31,38,43,46,64H,8-9,24-26,28-30H2,1-6H3,(H,58,66)(H,60,65)/t38-,43+,46-/m1/s1. The number of aromatic nitrogens is 1. The Morgan fingerprint density at radius 1 is 0.944 bits per heavy atom. The predicted molar refractivity (Wildman–Crippen MR) is 273 cm³/mol. The van der Waals surface area contributed by atoms with Crippen LogP contribution in [-0.2, 0) is 38.3 Å².